The van der Waals surface area contributed by atoms with Gasteiger partial charge in [0.1, 0.15) is 31.0 Å². The van der Waals surface area contributed by atoms with Gasteiger partial charge in [0.15, 0.2) is 0 Å². The molecule has 0 aromatic heterocycles. The van der Waals surface area contributed by atoms with Gasteiger partial charge in [-0.05, 0) is 42.0 Å². The third kappa shape index (κ3) is 4.29. The van der Waals surface area contributed by atoms with Crippen LogP contribution in [0.2, 0.25) is 0 Å². The van der Waals surface area contributed by atoms with Crippen molar-refractivity contribution in [2.45, 2.75) is 6.61 Å². The van der Waals surface area contributed by atoms with E-state index in [0.717, 1.165) is 11.1 Å². The third-order valence-electron chi connectivity index (χ3n) is 2.86. The fraction of sp³-hybridized carbons (Fsp3) is 0.188. The molecule has 0 heterocycles. The fourth-order valence-corrected chi connectivity index (χ4v) is 1.76. The molecule has 0 spiro atoms. The van der Waals surface area contributed by atoms with Crippen LogP contribution >= 0.6 is 0 Å². The van der Waals surface area contributed by atoms with Crippen molar-refractivity contribution in [2.75, 3.05) is 13.7 Å². The second-order valence-electron chi connectivity index (χ2n) is 4.32. The molecule has 2 aromatic carbocycles. The topological polar surface area (TPSA) is 51.0 Å². The number of rotatable bonds is 6. The number of hydrogen-bond acceptors (Lipinski definition) is 4. The van der Waals surface area contributed by atoms with Gasteiger partial charge in [-0.15, -0.1) is 0 Å². The summed E-state index contributed by atoms with van der Waals surface area (Å²) in [6.07, 6.45) is 0. The number of ether oxygens (including phenoxy) is 1. The first-order chi connectivity index (χ1) is 10.2. The molecule has 2 rings (SSSR count). The molecular weight excluding hydrogens is 273 g/mol. The molecule has 5 heteroatoms. The van der Waals surface area contributed by atoms with E-state index in [1.54, 1.807) is 36.4 Å². The van der Waals surface area contributed by atoms with E-state index in [0.29, 0.717) is 11.5 Å². The van der Waals surface area contributed by atoms with E-state index in [9.17, 15) is 4.39 Å². The van der Waals surface area contributed by atoms with E-state index >= 15 is 0 Å². The van der Waals surface area contributed by atoms with Gasteiger partial charge in [-0.3, -0.25) is 0 Å². The van der Waals surface area contributed by atoms with E-state index in [2.05, 4.69) is 5.16 Å². The number of aliphatic hydroxyl groups excluding tert-OH is 1. The van der Waals surface area contributed by atoms with Crippen LogP contribution in [-0.4, -0.2) is 24.5 Å². The maximum Gasteiger partial charge on any atom is 0.134 e. The fourth-order valence-electron chi connectivity index (χ4n) is 1.76. The SMILES string of the molecule is CO/N=C(\COc1ccc(CO)cc1)c1ccc(F)cc1. The number of benzene rings is 2. The van der Waals surface area contributed by atoms with Gasteiger partial charge >= 0.3 is 0 Å². The van der Waals surface area contributed by atoms with Gasteiger partial charge in [-0.1, -0.05) is 17.3 Å². The van der Waals surface area contributed by atoms with Crippen molar-refractivity contribution in [1.29, 1.82) is 0 Å². The van der Waals surface area contributed by atoms with Crippen LogP contribution in [0, 0.1) is 5.82 Å². The van der Waals surface area contributed by atoms with E-state index in [-0.39, 0.29) is 19.0 Å². The lowest BCUT2D eigenvalue weighted by molar-refractivity contribution is 0.210. The Morgan fingerprint density at radius 3 is 2.33 bits per heavy atom. The van der Waals surface area contributed by atoms with Gasteiger partial charge in [-0.2, -0.15) is 0 Å². The first-order valence-electron chi connectivity index (χ1n) is 6.41. The van der Waals surface area contributed by atoms with Crippen molar-refractivity contribution in [3.05, 3.63) is 65.5 Å². The van der Waals surface area contributed by atoms with E-state index in [1.165, 1.54) is 19.2 Å². The first kappa shape index (κ1) is 15.0. The summed E-state index contributed by atoms with van der Waals surface area (Å²) < 4.78 is 18.6. The first-order valence-corrected chi connectivity index (χ1v) is 6.41. The van der Waals surface area contributed by atoms with Gasteiger partial charge in [0.25, 0.3) is 0 Å². The van der Waals surface area contributed by atoms with Crippen LogP contribution in [0.4, 0.5) is 4.39 Å². The maximum atomic E-state index is 12.9. The Hall–Kier alpha value is -2.40. The van der Waals surface area contributed by atoms with Gasteiger partial charge in [0.05, 0.1) is 6.61 Å². The van der Waals surface area contributed by atoms with E-state index < -0.39 is 0 Å². The van der Waals surface area contributed by atoms with Crippen LogP contribution in [0.25, 0.3) is 0 Å². The monoisotopic (exact) mass is 289 g/mol. The number of aliphatic hydroxyl groups is 1. The Morgan fingerprint density at radius 2 is 1.76 bits per heavy atom. The van der Waals surface area contributed by atoms with E-state index in [1.807, 2.05) is 0 Å². The normalized spacial score (nSPS) is 11.3. The highest BCUT2D eigenvalue weighted by atomic mass is 19.1. The van der Waals surface area contributed by atoms with E-state index in [4.69, 9.17) is 14.7 Å². The molecule has 0 unspecified atom stereocenters. The number of nitrogens with zero attached hydrogens (tertiary/aromatic N) is 1. The van der Waals surface area contributed by atoms with Crippen LogP contribution in [0.3, 0.4) is 0 Å². The summed E-state index contributed by atoms with van der Waals surface area (Å²) in [5.74, 6) is 0.342. The molecule has 0 saturated heterocycles. The maximum absolute atomic E-state index is 12.9. The Kier molecular flexibility index (Phi) is 5.29. The van der Waals surface area contributed by atoms with Gasteiger partial charge in [-0.25, -0.2) is 4.39 Å². The molecule has 1 N–H and O–H groups in total. The summed E-state index contributed by atoms with van der Waals surface area (Å²) in [6.45, 7) is 0.185. The molecule has 0 bridgehead atoms. The summed E-state index contributed by atoms with van der Waals surface area (Å²) in [4.78, 5) is 4.79. The predicted octanol–water partition coefficient (Wildman–Crippen LogP) is 2.75. The van der Waals surface area contributed by atoms with Crippen molar-refractivity contribution in [3.8, 4) is 5.75 Å². The molecule has 2 aromatic rings. The minimum atomic E-state index is -0.309. The lowest BCUT2D eigenvalue weighted by atomic mass is 10.1. The molecule has 110 valence electrons. The quantitative estimate of drug-likeness (QED) is 0.657. The van der Waals surface area contributed by atoms with Crippen LogP contribution in [0.5, 0.6) is 5.75 Å². The summed E-state index contributed by atoms with van der Waals surface area (Å²) in [5.41, 5.74) is 2.10. The average molecular weight is 289 g/mol. The standard InChI is InChI=1S/C16H16FNO3/c1-20-18-16(13-4-6-14(17)7-5-13)11-21-15-8-2-12(10-19)3-9-15/h2-9,19H,10-11H2,1H3/b18-16+. The molecule has 0 atom stereocenters. The molecular formula is C16H16FNO3. The van der Waals surface area contributed by atoms with Gasteiger partial charge in [0.2, 0.25) is 0 Å². The van der Waals surface area contributed by atoms with Crippen LogP contribution in [0.15, 0.2) is 53.7 Å². The van der Waals surface area contributed by atoms with Crippen molar-refractivity contribution in [2.24, 2.45) is 5.16 Å². The highest BCUT2D eigenvalue weighted by molar-refractivity contribution is 6.01. The highest BCUT2D eigenvalue weighted by Crippen LogP contribution is 2.13. The Labute approximate surface area is 122 Å². The number of oxime groups is 1. The smallest absolute Gasteiger partial charge is 0.134 e. The molecule has 0 saturated carbocycles. The van der Waals surface area contributed by atoms with Crippen LogP contribution in [-0.2, 0) is 11.4 Å². The minimum Gasteiger partial charge on any atom is -0.487 e. The van der Waals surface area contributed by atoms with Crippen molar-refractivity contribution in [3.63, 3.8) is 0 Å². The van der Waals surface area contributed by atoms with Crippen LogP contribution < -0.4 is 4.74 Å². The van der Waals surface area contributed by atoms with Crippen molar-refractivity contribution >= 4 is 5.71 Å². The molecule has 0 aliphatic rings. The summed E-state index contributed by atoms with van der Waals surface area (Å²) in [7, 11) is 1.44. The van der Waals surface area contributed by atoms with Crippen LogP contribution in [0.1, 0.15) is 11.1 Å². The second-order valence-corrected chi connectivity index (χ2v) is 4.32. The molecule has 21 heavy (non-hydrogen) atoms. The lowest BCUT2D eigenvalue weighted by Crippen LogP contribution is -2.13. The van der Waals surface area contributed by atoms with Gasteiger partial charge in [0, 0.05) is 5.56 Å². The third-order valence-corrected chi connectivity index (χ3v) is 2.86. The molecule has 0 radical (unpaired) electrons. The lowest BCUT2D eigenvalue weighted by Gasteiger charge is -2.09. The Morgan fingerprint density at radius 1 is 1.10 bits per heavy atom. The molecule has 4 nitrogen and oxygen atoms in total. The molecule has 0 amide bonds. The zero-order valence-corrected chi connectivity index (χ0v) is 11.6. The minimum absolute atomic E-state index is 0.00770. The van der Waals surface area contributed by atoms with Crippen molar-refractivity contribution in [1.82, 2.24) is 0 Å². The summed E-state index contributed by atoms with van der Waals surface area (Å²) in [5, 5.41) is 12.9. The second kappa shape index (κ2) is 7.40. The zero-order valence-electron chi connectivity index (χ0n) is 11.6. The number of hydrogen-bond donors (Lipinski definition) is 1. The zero-order chi connectivity index (χ0) is 15.1. The molecule has 0 aliphatic heterocycles. The van der Waals surface area contributed by atoms with Crippen molar-refractivity contribution < 1.29 is 19.1 Å². The summed E-state index contributed by atoms with van der Waals surface area (Å²) in [6, 6.07) is 13.0. The average Bonchev–Trinajstić information content (AvgIpc) is 2.53. The summed E-state index contributed by atoms with van der Waals surface area (Å²) >= 11 is 0. The molecule has 0 aliphatic carbocycles. The largest absolute Gasteiger partial charge is 0.487 e. The number of halogens is 1. The Balaban J connectivity index is 2.06. The Bertz CT molecular complexity index is 594. The predicted molar refractivity (Wildman–Crippen MR) is 77.8 cm³/mol. The van der Waals surface area contributed by atoms with Gasteiger partial charge < -0.3 is 14.7 Å². The highest BCUT2D eigenvalue weighted by Gasteiger charge is 2.06. The molecule has 0 fully saturated rings.